The van der Waals surface area contributed by atoms with E-state index in [4.69, 9.17) is 5.11 Å². The van der Waals surface area contributed by atoms with Crippen LogP contribution in [-0.2, 0) is 9.59 Å². The van der Waals surface area contributed by atoms with Crippen LogP contribution in [-0.4, -0.2) is 23.0 Å². The topological polar surface area (TPSA) is 66.4 Å². The highest BCUT2D eigenvalue weighted by molar-refractivity contribution is 9.11. The van der Waals surface area contributed by atoms with Crippen LogP contribution in [0.4, 0.5) is 0 Å². The Kier molecular flexibility index (Phi) is 5.37. The second-order valence-corrected chi connectivity index (χ2v) is 7.38. The molecule has 1 aliphatic carbocycles. The third-order valence-electron chi connectivity index (χ3n) is 3.36. The summed E-state index contributed by atoms with van der Waals surface area (Å²) in [5.41, 5.74) is 0. The number of hydrogen-bond acceptors (Lipinski definition) is 3. The van der Waals surface area contributed by atoms with Crippen molar-refractivity contribution in [2.45, 2.75) is 31.7 Å². The van der Waals surface area contributed by atoms with Gasteiger partial charge in [0.25, 0.3) is 0 Å². The number of nitrogens with one attached hydrogen (secondary N) is 1. The number of carbonyl (C=O) groups is 2. The molecular formula is C14H16BrNO3S. The van der Waals surface area contributed by atoms with Crippen molar-refractivity contribution >= 4 is 45.2 Å². The minimum Gasteiger partial charge on any atom is -0.481 e. The van der Waals surface area contributed by atoms with Gasteiger partial charge in [-0.2, -0.15) is 0 Å². The molecule has 1 fully saturated rings. The maximum atomic E-state index is 11.8. The van der Waals surface area contributed by atoms with Gasteiger partial charge < -0.3 is 10.4 Å². The van der Waals surface area contributed by atoms with Crippen LogP contribution in [0.3, 0.4) is 0 Å². The van der Waals surface area contributed by atoms with Gasteiger partial charge in [-0.05, 0) is 53.4 Å². The Morgan fingerprint density at radius 1 is 1.40 bits per heavy atom. The second kappa shape index (κ2) is 7.04. The lowest BCUT2D eigenvalue weighted by Crippen LogP contribution is -2.39. The number of amides is 1. The standard InChI is InChI=1S/C14H16BrNO3S/c15-12-6-4-11(20-12)5-7-13(17)16-10-3-1-2-9(8-10)14(18)19/h4-7,9-10H,1-3,8H2,(H,16,17)(H,18,19). The maximum absolute atomic E-state index is 11.8. The Labute approximate surface area is 130 Å². The molecule has 0 bridgehead atoms. The molecule has 0 aliphatic heterocycles. The molecule has 1 heterocycles. The van der Waals surface area contributed by atoms with Gasteiger partial charge in [0.1, 0.15) is 0 Å². The van der Waals surface area contributed by atoms with Crippen molar-refractivity contribution in [3.63, 3.8) is 0 Å². The van der Waals surface area contributed by atoms with Crippen LogP contribution >= 0.6 is 27.3 Å². The fourth-order valence-electron chi connectivity index (χ4n) is 2.37. The van der Waals surface area contributed by atoms with Crippen molar-refractivity contribution < 1.29 is 14.7 Å². The minimum absolute atomic E-state index is 0.0305. The first kappa shape index (κ1) is 15.3. The van der Waals surface area contributed by atoms with Gasteiger partial charge in [-0.25, -0.2) is 0 Å². The molecule has 4 nitrogen and oxygen atoms in total. The van der Waals surface area contributed by atoms with Crippen LogP contribution < -0.4 is 5.32 Å². The molecule has 0 spiro atoms. The van der Waals surface area contributed by atoms with Crippen molar-refractivity contribution in [3.05, 3.63) is 26.9 Å². The van der Waals surface area contributed by atoms with Gasteiger partial charge in [0.15, 0.2) is 0 Å². The summed E-state index contributed by atoms with van der Waals surface area (Å²) in [6.45, 7) is 0. The van der Waals surface area contributed by atoms with Gasteiger partial charge in [-0.3, -0.25) is 9.59 Å². The fourth-order valence-corrected chi connectivity index (χ4v) is 3.70. The summed E-state index contributed by atoms with van der Waals surface area (Å²) in [5, 5.41) is 11.9. The summed E-state index contributed by atoms with van der Waals surface area (Å²) in [7, 11) is 0. The number of thiophene rings is 1. The number of carboxylic acids is 1. The zero-order valence-electron chi connectivity index (χ0n) is 10.8. The Morgan fingerprint density at radius 2 is 2.20 bits per heavy atom. The molecule has 1 aromatic heterocycles. The molecule has 1 saturated carbocycles. The highest BCUT2D eigenvalue weighted by Gasteiger charge is 2.27. The summed E-state index contributed by atoms with van der Waals surface area (Å²) >= 11 is 4.92. The molecule has 0 saturated heterocycles. The first-order valence-electron chi connectivity index (χ1n) is 6.51. The van der Waals surface area contributed by atoms with Gasteiger partial charge in [0.2, 0.25) is 5.91 Å². The van der Waals surface area contributed by atoms with Crippen LogP contribution in [0.15, 0.2) is 22.0 Å². The molecule has 20 heavy (non-hydrogen) atoms. The van der Waals surface area contributed by atoms with Crippen LogP contribution in [0.5, 0.6) is 0 Å². The molecule has 6 heteroatoms. The lowest BCUT2D eigenvalue weighted by molar-refractivity contribution is -0.143. The first-order valence-corrected chi connectivity index (χ1v) is 8.12. The van der Waals surface area contributed by atoms with E-state index in [1.165, 1.54) is 6.08 Å². The van der Waals surface area contributed by atoms with Crippen LogP contribution in [0.1, 0.15) is 30.6 Å². The predicted molar refractivity (Wildman–Crippen MR) is 82.6 cm³/mol. The van der Waals surface area contributed by atoms with Gasteiger partial charge in [-0.15, -0.1) is 11.3 Å². The van der Waals surface area contributed by atoms with Gasteiger partial charge in [-0.1, -0.05) is 6.42 Å². The highest BCUT2D eigenvalue weighted by Crippen LogP contribution is 2.25. The van der Waals surface area contributed by atoms with E-state index in [9.17, 15) is 9.59 Å². The van der Waals surface area contributed by atoms with E-state index < -0.39 is 5.97 Å². The van der Waals surface area contributed by atoms with E-state index in [2.05, 4.69) is 21.2 Å². The molecule has 0 radical (unpaired) electrons. The maximum Gasteiger partial charge on any atom is 0.306 e. The number of halogens is 1. The Morgan fingerprint density at radius 3 is 2.85 bits per heavy atom. The third-order valence-corrected chi connectivity index (χ3v) is 4.95. The van der Waals surface area contributed by atoms with Gasteiger partial charge in [0, 0.05) is 17.0 Å². The largest absolute Gasteiger partial charge is 0.481 e. The Bertz CT molecular complexity index is 526. The van der Waals surface area contributed by atoms with E-state index in [-0.39, 0.29) is 17.9 Å². The van der Waals surface area contributed by atoms with E-state index in [1.807, 2.05) is 12.1 Å². The molecule has 2 N–H and O–H groups in total. The summed E-state index contributed by atoms with van der Waals surface area (Å²) in [6, 6.07) is 3.83. The minimum atomic E-state index is -0.761. The SMILES string of the molecule is O=C(C=Cc1ccc(Br)s1)NC1CCCC(C(=O)O)C1. The van der Waals surface area contributed by atoms with Crippen molar-refractivity contribution in [1.29, 1.82) is 0 Å². The summed E-state index contributed by atoms with van der Waals surface area (Å²) in [6.07, 6.45) is 6.21. The van der Waals surface area contributed by atoms with Crippen LogP contribution in [0, 0.1) is 5.92 Å². The first-order chi connectivity index (χ1) is 9.54. The second-order valence-electron chi connectivity index (χ2n) is 4.88. The quantitative estimate of drug-likeness (QED) is 0.812. The van der Waals surface area contributed by atoms with Gasteiger partial charge in [0.05, 0.1) is 9.70 Å². The molecule has 2 atom stereocenters. The lowest BCUT2D eigenvalue weighted by Gasteiger charge is -2.26. The van der Waals surface area contributed by atoms with Gasteiger partial charge >= 0.3 is 5.97 Å². The number of aliphatic carboxylic acids is 1. The predicted octanol–water partition coefficient (Wildman–Crippen LogP) is 3.28. The van der Waals surface area contributed by atoms with E-state index >= 15 is 0 Å². The van der Waals surface area contributed by atoms with Crippen molar-refractivity contribution in [1.82, 2.24) is 5.32 Å². The van der Waals surface area contributed by atoms with Crippen molar-refractivity contribution in [2.75, 3.05) is 0 Å². The van der Waals surface area contributed by atoms with Crippen LogP contribution in [0.2, 0.25) is 0 Å². The third kappa shape index (κ3) is 4.45. The summed E-state index contributed by atoms with van der Waals surface area (Å²) in [5.74, 6) is -1.25. The van der Waals surface area contributed by atoms with Crippen LogP contribution in [0.25, 0.3) is 6.08 Å². The smallest absolute Gasteiger partial charge is 0.306 e. The fraction of sp³-hybridized carbons (Fsp3) is 0.429. The molecule has 2 unspecified atom stereocenters. The van der Waals surface area contributed by atoms with Crippen molar-refractivity contribution in [3.8, 4) is 0 Å². The molecule has 1 aliphatic rings. The molecule has 2 rings (SSSR count). The summed E-state index contributed by atoms with van der Waals surface area (Å²) < 4.78 is 1.02. The lowest BCUT2D eigenvalue weighted by atomic mass is 9.86. The summed E-state index contributed by atoms with van der Waals surface area (Å²) in [4.78, 5) is 23.8. The number of carbonyl (C=O) groups excluding carboxylic acids is 1. The van der Waals surface area contributed by atoms with Crippen molar-refractivity contribution in [2.24, 2.45) is 5.92 Å². The molecular weight excluding hydrogens is 342 g/mol. The van der Waals surface area contributed by atoms with E-state index in [0.717, 1.165) is 21.5 Å². The average Bonchev–Trinajstić information content (AvgIpc) is 2.82. The average molecular weight is 358 g/mol. The Balaban J connectivity index is 1.85. The molecule has 1 amide bonds. The van der Waals surface area contributed by atoms with E-state index in [1.54, 1.807) is 17.4 Å². The zero-order chi connectivity index (χ0) is 14.5. The number of rotatable bonds is 4. The number of carboxylic acid groups (broad SMARTS) is 1. The zero-order valence-corrected chi connectivity index (χ0v) is 13.2. The normalized spacial score (nSPS) is 22.9. The molecule has 108 valence electrons. The number of hydrogen-bond donors (Lipinski definition) is 2. The van der Waals surface area contributed by atoms with E-state index in [0.29, 0.717) is 12.8 Å². The highest BCUT2D eigenvalue weighted by atomic mass is 79.9. The molecule has 0 aromatic carbocycles. The Hall–Kier alpha value is -1.14. The molecule has 1 aromatic rings. The monoisotopic (exact) mass is 357 g/mol.